The number of hydrogen-bond donors (Lipinski definition) is 0. The van der Waals surface area contributed by atoms with E-state index in [0.29, 0.717) is 24.2 Å². The number of amides is 1. The number of aryl methyl sites for hydroxylation is 1. The molecule has 0 unspecified atom stereocenters. The Morgan fingerprint density at radius 2 is 1.49 bits per heavy atom. The number of para-hydroxylation sites is 1. The second-order valence-electron chi connectivity index (χ2n) is 10.2. The topological polar surface area (TPSA) is 98.2 Å². The van der Waals surface area contributed by atoms with Gasteiger partial charge in [0, 0.05) is 31.3 Å². The van der Waals surface area contributed by atoms with Crippen LogP contribution in [0.3, 0.4) is 0 Å². The summed E-state index contributed by atoms with van der Waals surface area (Å²) in [5.74, 6) is -3.55. The van der Waals surface area contributed by atoms with Crippen molar-refractivity contribution in [2.45, 2.75) is 31.7 Å². The maximum atomic E-state index is 13.4. The highest BCUT2D eigenvalue weighted by molar-refractivity contribution is 6.01. The Morgan fingerprint density at radius 1 is 0.795 bits per heavy atom. The van der Waals surface area contributed by atoms with E-state index >= 15 is 0 Å². The summed E-state index contributed by atoms with van der Waals surface area (Å²) in [6.45, 7) is 3.50. The molecule has 2 aromatic carbocycles. The minimum absolute atomic E-state index is 0.00716. The van der Waals surface area contributed by atoms with Gasteiger partial charge in [-0.25, -0.2) is 9.59 Å². The van der Waals surface area contributed by atoms with Gasteiger partial charge in [-0.2, -0.15) is 0 Å². The number of carbonyl (C=O) groups excluding carboxylic acids is 3. The van der Waals surface area contributed by atoms with Crippen LogP contribution in [0, 0.1) is 5.92 Å². The van der Waals surface area contributed by atoms with Crippen LogP contribution in [0.5, 0.6) is 0 Å². The van der Waals surface area contributed by atoms with Gasteiger partial charge in [-0.3, -0.25) is 14.5 Å². The van der Waals surface area contributed by atoms with Crippen LogP contribution in [0.1, 0.15) is 35.2 Å². The molecule has 1 spiro atoms. The van der Waals surface area contributed by atoms with Crippen molar-refractivity contribution in [3.05, 3.63) is 94.3 Å². The van der Waals surface area contributed by atoms with Gasteiger partial charge in [-0.15, -0.1) is 0 Å². The van der Waals surface area contributed by atoms with Gasteiger partial charge < -0.3 is 18.9 Å². The van der Waals surface area contributed by atoms with Crippen LogP contribution in [0.25, 0.3) is 10.9 Å². The zero-order chi connectivity index (χ0) is 27.0. The molecule has 0 N–H and O–H groups in total. The number of aromatic nitrogens is 1. The first-order chi connectivity index (χ1) is 18.9. The molecule has 4 heterocycles. The normalized spacial score (nSPS) is 19.3. The van der Waals surface area contributed by atoms with E-state index < -0.39 is 17.8 Å². The quantitative estimate of drug-likeness (QED) is 0.455. The van der Waals surface area contributed by atoms with Crippen LogP contribution in [-0.4, -0.2) is 58.4 Å². The Hall–Kier alpha value is -4.24. The lowest BCUT2D eigenvalue weighted by Crippen LogP contribution is -2.52. The molecule has 9 heteroatoms. The first-order valence-electron chi connectivity index (χ1n) is 13.3. The Bertz CT molecular complexity index is 1510. The number of hydrogen-bond acceptors (Lipinski definition) is 7. The summed E-state index contributed by atoms with van der Waals surface area (Å²) < 4.78 is 13.1. The van der Waals surface area contributed by atoms with E-state index in [9.17, 15) is 19.2 Å². The Morgan fingerprint density at radius 3 is 2.26 bits per heavy atom. The Labute approximate surface area is 225 Å². The van der Waals surface area contributed by atoms with E-state index in [1.54, 1.807) is 30.3 Å². The molecule has 0 bridgehead atoms. The van der Waals surface area contributed by atoms with E-state index in [1.807, 2.05) is 34.9 Å². The zero-order valence-corrected chi connectivity index (χ0v) is 21.5. The van der Waals surface area contributed by atoms with Crippen molar-refractivity contribution in [2.24, 2.45) is 5.92 Å². The first kappa shape index (κ1) is 25.1. The monoisotopic (exact) mass is 527 g/mol. The van der Waals surface area contributed by atoms with Crippen LogP contribution in [0.2, 0.25) is 0 Å². The van der Waals surface area contributed by atoms with Crippen molar-refractivity contribution in [1.82, 2.24) is 14.4 Å². The molecule has 39 heavy (non-hydrogen) atoms. The number of likely N-dealkylation sites (tertiary alicyclic amines) is 1. The summed E-state index contributed by atoms with van der Waals surface area (Å²) in [4.78, 5) is 54.4. The summed E-state index contributed by atoms with van der Waals surface area (Å²) in [6.07, 6.45) is 4.56. The SMILES string of the molecule is O=C1C=CC(=O)OC2(O1)c1ccccc1C(=O)N2CC1CCN(CCCn2c(=O)ccc3ccccc32)CC1. The summed E-state index contributed by atoms with van der Waals surface area (Å²) in [5.41, 5.74) is 1.68. The zero-order valence-electron chi connectivity index (χ0n) is 21.5. The van der Waals surface area contributed by atoms with E-state index in [2.05, 4.69) is 4.90 Å². The third-order valence-electron chi connectivity index (χ3n) is 7.83. The van der Waals surface area contributed by atoms with Gasteiger partial charge in [0.05, 0.1) is 16.6 Å². The van der Waals surface area contributed by atoms with Crippen LogP contribution < -0.4 is 5.56 Å². The molecular weight excluding hydrogens is 498 g/mol. The molecule has 0 saturated carbocycles. The van der Waals surface area contributed by atoms with Gasteiger partial charge in [-0.1, -0.05) is 30.3 Å². The summed E-state index contributed by atoms with van der Waals surface area (Å²) in [6, 6.07) is 18.2. The van der Waals surface area contributed by atoms with E-state index in [4.69, 9.17) is 9.47 Å². The van der Waals surface area contributed by atoms with Crippen molar-refractivity contribution < 1.29 is 23.9 Å². The van der Waals surface area contributed by atoms with Gasteiger partial charge in [0.2, 0.25) is 0 Å². The average Bonchev–Trinajstić information content (AvgIpc) is 3.05. The van der Waals surface area contributed by atoms with E-state index in [0.717, 1.165) is 62.0 Å². The third-order valence-corrected chi connectivity index (χ3v) is 7.83. The predicted octanol–water partition coefficient (Wildman–Crippen LogP) is 3.03. The molecule has 3 aliphatic rings. The number of rotatable bonds is 6. The van der Waals surface area contributed by atoms with Gasteiger partial charge in [0.15, 0.2) is 0 Å². The largest absolute Gasteiger partial charge is 0.396 e. The molecule has 9 nitrogen and oxygen atoms in total. The Balaban J connectivity index is 1.10. The number of esters is 2. The first-order valence-corrected chi connectivity index (χ1v) is 13.3. The maximum absolute atomic E-state index is 13.4. The minimum atomic E-state index is -1.89. The summed E-state index contributed by atoms with van der Waals surface area (Å²) >= 11 is 0. The standard InChI is InChI=1S/C30H29N3O6/c34-26-11-10-22-6-1-4-9-25(22)32(26)17-5-16-31-18-14-21(15-19-31)20-33-29(37)23-7-2-3-8-24(23)30(33)38-27(35)12-13-28(36)39-30/h1-4,6-13,21H,5,14-20H2. The van der Waals surface area contributed by atoms with Gasteiger partial charge in [0.25, 0.3) is 11.5 Å². The van der Waals surface area contributed by atoms with Crippen LogP contribution in [-0.2, 0) is 31.5 Å². The number of piperidine rings is 1. The van der Waals surface area contributed by atoms with Crippen LogP contribution in [0.15, 0.2) is 77.6 Å². The van der Waals surface area contributed by atoms with Gasteiger partial charge in [-0.05, 0) is 74.5 Å². The molecule has 1 amide bonds. The minimum Gasteiger partial charge on any atom is -0.396 e. The lowest BCUT2D eigenvalue weighted by Gasteiger charge is -2.39. The molecule has 1 aromatic heterocycles. The highest BCUT2D eigenvalue weighted by atomic mass is 16.8. The second kappa shape index (κ2) is 10.1. The maximum Gasteiger partial charge on any atom is 0.375 e. The Kier molecular flexibility index (Phi) is 6.52. The number of benzene rings is 2. The third kappa shape index (κ3) is 4.63. The molecule has 1 saturated heterocycles. The van der Waals surface area contributed by atoms with Gasteiger partial charge in [0.1, 0.15) is 0 Å². The smallest absolute Gasteiger partial charge is 0.375 e. The van der Waals surface area contributed by atoms with Crippen molar-refractivity contribution in [3.8, 4) is 0 Å². The average molecular weight is 528 g/mol. The highest BCUT2D eigenvalue weighted by Crippen LogP contribution is 2.43. The molecule has 6 rings (SSSR count). The lowest BCUT2D eigenvalue weighted by atomic mass is 9.96. The number of ether oxygens (including phenoxy) is 2. The molecule has 0 aliphatic carbocycles. The fraction of sp³-hybridized carbons (Fsp3) is 0.333. The number of pyridine rings is 1. The number of fused-ring (bicyclic) bond motifs is 3. The van der Waals surface area contributed by atoms with E-state index in [-0.39, 0.29) is 17.4 Å². The van der Waals surface area contributed by atoms with Crippen molar-refractivity contribution in [2.75, 3.05) is 26.2 Å². The molecule has 0 atom stereocenters. The van der Waals surface area contributed by atoms with Crippen molar-refractivity contribution in [3.63, 3.8) is 0 Å². The summed E-state index contributed by atoms with van der Waals surface area (Å²) in [7, 11) is 0. The summed E-state index contributed by atoms with van der Waals surface area (Å²) in [5, 5.41) is 1.05. The number of nitrogens with zero attached hydrogens (tertiary/aromatic N) is 3. The van der Waals surface area contributed by atoms with Crippen molar-refractivity contribution >= 4 is 28.7 Å². The molecule has 3 aliphatic heterocycles. The second-order valence-corrected chi connectivity index (χ2v) is 10.2. The molecule has 0 radical (unpaired) electrons. The van der Waals surface area contributed by atoms with Crippen LogP contribution >= 0.6 is 0 Å². The van der Waals surface area contributed by atoms with E-state index in [1.165, 1.54) is 4.90 Å². The lowest BCUT2D eigenvalue weighted by molar-refractivity contribution is -0.275. The van der Waals surface area contributed by atoms with Crippen LogP contribution in [0.4, 0.5) is 0 Å². The fourth-order valence-electron chi connectivity index (χ4n) is 5.87. The van der Waals surface area contributed by atoms with Gasteiger partial charge >= 0.3 is 17.8 Å². The fourth-order valence-corrected chi connectivity index (χ4v) is 5.87. The molecule has 1 fully saturated rings. The molecule has 200 valence electrons. The molecular formula is C30H29N3O6. The highest BCUT2D eigenvalue weighted by Gasteiger charge is 2.57. The molecule has 3 aromatic rings. The number of carbonyl (C=O) groups is 3. The van der Waals surface area contributed by atoms with Crippen molar-refractivity contribution in [1.29, 1.82) is 0 Å². The predicted molar refractivity (Wildman–Crippen MR) is 142 cm³/mol.